The Kier molecular flexibility index (Phi) is 5.21. The number of benzene rings is 2. The Labute approximate surface area is 157 Å². The number of hydrogen-bond donors (Lipinski definition) is 0. The second kappa shape index (κ2) is 7.92. The lowest BCUT2D eigenvalue weighted by Gasteiger charge is -2.06. The van der Waals surface area contributed by atoms with E-state index in [1.807, 2.05) is 36.5 Å². The Bertz CT molecular complexity index is 1000. The molecule has 134 valence electrons. The second-order valence-corrected chi connectivity index (χ2v) is 7.59. The van der Waals surface area contributed by atoms with Gasteiger partial charge in [0.05, 0.1) is 6.61 Å². The van der Waals surface area contributed by atoms with Gasteiger partial charge in [-0.3, -0.25) is 0 Å². The van der Waals surface area contributed by atoms with Gasteiger partial charge < -0.3 is 9.15 Å². The topological polar surface area (TPSA) is 35.3 Å². The molecule has 26 heavy (non-hydrogen) atoms. The third-order valence-corrected chi connectivity index (χ3v) is 5.72. The summed E-state index contributed by atoms with van der Waals surface area (Å²) in [7, 11) is 0. The molecule has 3 nitrogen and oxygen atoms in total. The first-order valence-electron chi connectivity index (χ1n) is 9.25. The van der Waals surface area contributed by atoms with Gasteiger partial charge in [0.1, 0.15) is 16.9 Å². The second-order valence-electron chi connectivity index (χ2n) is 6.70. The molecular formula is C22H23NO2S. The molecule has 0 aliphatic rings. The summed E-state index contributed by atoms with van der Waals surface area (Å²) in [6, 6.07) is 14.3. The Hall–Kier alpha value is -2.33. The Morgan fingerprint density at radius 2 is 1.81 bits per heavy atom. The van der Waals surface area contributed by atoms with E-state index in [-0.39, 0.29) is 0 Å². The van der Waals surface area contributed by atoms with Gasteiger partial charge in [-0.1, -0.05) is 31.0 Å². The van der Waals surface area contributed by atoms with Crippen molar-refractivity contribution in [1.82, 2.24) is 4.37 Å². The van der Waals surface area contributed by atoms with Crippen LogP contribution in [0.1, 0.15) is 36.1 Å². The fourth-order valence-corrected chi connectivity index (χ4v) is 4.05. The number of aromatic nitrogens is 1. The molecule has 2 heterocycles. The summed E-state index contributed by atoms with van der Waals surface area (Å²) in [6.45, 7) is 2.90. The molecule has 0 spiro atoms. The first-order chi connectivity index (χ1) is 12.8. The van der Waals surface area contributed by atoms with E-state index in [1.54, 1.807) is 11.5 Å². The van der Waals surface area contributed by atoms with E-state index >= 15 is 0 Å². The molecule has 0 fully saturated rings. The zero-order chi connectivity index (χ0) is 17.8. The Morgan fingerprint density at radius 3 is 2.69 bits per heavy atom. The number of para-hydroxylation sites is 1. The molecule has 0 radical (unpaired) electrons. The van der Waals surface area contributed by atoms with Gasteiger partial charge in [-0.2, -0.15) is 0 Å². The molecule has 0 saturated heterocycles. The SMILES string of the molecule is Cc1cnsc1CCCCCCOc1ccc2c(c1)oc1ccccc12. The van der Waals surface area contributed by atoms with Crippen molar-refractivity contribution in [3.8, 4) is 5.75 Å². The summed E-state index contributed by atoms with van der Waals surface area (Å²) >= 11 is 1.63. The number of unbranched alkanes of at least 4 members (excludes halogenated alkanes) is 3. The van der Waals surface area contributed by atoms with Gasteiger partial charge in [-0.15, -0.1) is 0 Å². The van der Waals surface area contributed by atoms with Crippen LogP contribution in [-0.2, 0) is 6.42 Å². The van der Waals surface area contributed by atoms with Crippen molar-refractivity contribution >= 4 is 33.5 Å². The number of nitrogens with zero attached hydrogens (tertiary/aromatic N) is 1. The lowest BCUT2D eigenvalue weighted by molar-refractivity contribution is 0.305. The first kappa shape index (κ1) is 17.1. The number of aryl methyl sites for hydroxylation is 2. The normalized spacial score (nSPS) is 11.4. The summed E-state index contributed by atoms with van der Waals surface area (Å²) in [5, 5.41) is 2.30. The highest BCUT2D eigenvalue weighted by atomic mass is 32.1. The third-order valence-electron chi connectivity index (χ3n) is 4.77. The maximum absolute atomic E-state index is 5.91. The van der Waals surface area contributed by atoms with Gasteiger partial charge in [0.2, 0.25) is 0 Å². The maximum atomic E-state index is 5.91. The van der Waals surface area contributed by atoms with Crippen LogP contribution < -0.4 is 4.74 Å². The van der Waals surface area contributed by atoms with Gasteiger partial charge in [0, 0.05) is 27.9 Å². The molecule has 0 amide bonds. The molecule has 0 bridgehead atoms. The standard InChI is InChI=1S/C22H23NO2S/c1-16-15-23-26-22(16)10-4-2-3-7-13-24-17-11-12-19-18-8-5-6-9-20(18)25-21(19)14-17/h5-6,8-9,11-12,14-15H,2-4,7,10,13H2,1H3. The number of hydrogen-bond acceptors (Lipinski definition) is 4. The summed E-state index contributed by atoms with van der Waals surface area (Å²) in [5.74, 6) is 0.886. The minimum Gasteiger partial charge on any atom is -0.493 e. The van der Waals surface area contributed by atoms with Gasteiger partial charge in [0.15, 0.2) is 0 Å². The Balaban J connectivity index is 1.23. The van der Waals surface area contributed by atoms with E-state index in [0.29, 0.717) is 0 Å². The first-order valence-corrected chi connectivity index (χ1v) is 10.0. The summed E-state index contributed by atoms with van der Waals surface area (Å²) in [5.41, 5.74) is 3.15. The van der Waals surface area contributed by atoms with E-state index in [0.717, 1.165) is 47.1 Å². The lowest BCUT2D eigenvalue weighted by Crippen LogP contribution is -1.97. The number of rotatable bonds is 8. The molecule has 2 aromatic heterocycles. The molecule has 0 N–H and O–H groups in total. The highest BCUT2D eigenvalue weighted by Gasteiger charge is 2.07. The highest BCUT2D eigenvalue weighted by molar-refractivity contribution is 7.05. The van der Waals surface area contributed by atoms with Crippen molar-refractivity contribution in [2.45, 2.75) is 39.0 Å². The summed E-state index contributed by atoms with van der Waals surface area (Å²) in [4.78, 5) is 1.43. The van der Waals surface area contributed by atoms with Crippen molar-refractivity contribution in [2.75, 3.05) is 6.61 Å². The number of furan rings is 1. The van der Waals surface area contributed by atoms with Crippen LogP contribution in [-0.4, -0.2) is 11.0 Å². The van der Waals surface area contributed by atoms with Crippen LogP contribution in [0.2, 0.25) is 0 Å². The molecular weight excluding hydrogens is 342 g/mol. The molecule has 4 rings (SSSR count). The van der Waals surface area contributed by atoms with Gasteiger partial charge in [0.25, 0.3) is 0 Å². The van der Waals surface area contributed by atoms with Crippen LogP contribution in [0.15, 0.2) is 53.1 Å². The minimum absolute atomic E-state index is 0.755. The lowest BCUT2D eigenvalue weighted by atomic mass is 10.1. The smallest absolute Gasteiger partial charge is 0.139 e. The van der Waals surface area contributed by atoms with E-state index in [2.05, 4.69) is 23.4 Å². The van der Waals surface area contributed by atoms with Gasteiger partial charge >= 0.3 is 0 Å². The zero-order valence-electron chi connectivity index (χ0n) is 15.0. The van der Waals surface area contributed by atoms with Gasteiger partial charge in [-0.25, -0.2) is 4.37 Å². The van der Waals surface area contributed by atoms with Crippen LogP contribution in [0, 0.1) is 6.92 Å². The predicted octanol–water partition coefficient (Wildman–Crippen LogP) is 6.53. The monoisotopic (exact) mass is 365 g/mol. The van der Waals surface area contributed by atoms with Crippen molar-refractivity contribution in [2.24, 2.45) is 0 Å². The van der Waals surface area contributed by atoms with Crippen LogP contribution in [0.3, 0.4) is 0 Å². The van der Waals surface area contributed by atoms with E-state index in [4.69, 9.17) is 9.15 Å². The molecule has 0 unspecified atom stereocenters. The fourth-order valence-electron chi connectivity index (χ4n) is 3.28. The van der Waals surface area contributed by atoms with Crippen molar-refractivity contribution in [3.63, 3.8) is 0 Å². The number of fused-ring (bicyclic) bond motifs is 3. The van der Waals surface area contributed by atoms with Crippen molar-refractivity contribution < 1.29 is 9.15 Å². The van der Waals surface area contributed by atoms with Crippen molar-refractivity contribution in [3.05, 3.63) is 59.1 Å². The molecule has 0 aliphatic heterocycles. The number of ether oxygens (including phenoxy) is 1. The minimum atomic E-state index is 0.755. The third kappa shape index (κ3) is 3.75. The van der Waals surface area contributed by atoms with E-state index in [9.17, 15) is 0 Å². The summed E-state index contributed by atoms with van der Waals surface area (Å²) in [6.07, 6.45) is 7.87. The van der Waals surface area contributed by atoms with Crippen LogP contribution in [0.5, 0.6) is 5.75 Å². The van der Waals surface area contributed by atoms with Crippen LogP contribution in [0.4, 0.5) is 0 Å². The Morgan fingerprint density at radius 1 is 0.962 bits per heavy atom. The summed E-state index contributed by atoms with van der Waals surface area (Å²) < 4.78 is 16.1. The fraction of sp³-hybridized carbons (Fsp3) is 0.318. The molecule has 0 saturated carbocycles. The average molecular weight is 365 g/mol. The molecule has 4 heteroatoms. The van der Waals surface area contributed by atoms with Gasteiger partial charge in [-0.05, 0) is 61.5 Å². The average Bonchev–Trinajstić information content (AvgIpc) is 3.23. The van der Waals surface area contributed by atoms with Crippen LogP contribution >= 0.6 is 11.5 Å². The van der Waals surface area contributed by atoms with Crippen molar-refractivity contribution in [1.29, 1.82) is 0 Å². The highest BCUT2D eigenvalue weighted by Crippen LogP contribution is 2.31. The van der Waals surface area contributed by atoms with E-state index < -0.39 is 0 Å². The predicted molar refractivity (Wildman–Crippen MR) is 108 cm³/mol. The maximum Gasteiger partial charge on any atom is 0.139 e. The molecule has 2 aromatic carbocycles. The molecule has 0 aliphatic carbocycles. The largest absolute Gasteiger partial charge is 0.493 e. The van der Waals surface area contributed by atoms with E-state index in [1.165, 1.54) is 29.7 Å². The quantitative estimate of drug-likeness (QED) is 0.333. The zero-order valence-corrected chi connectivity index (χ0v) is 15.8. The van der Waals surface area contributed by atoms with Crippen LogP contribution in [0.25, 0.3) is 21.9 Å². The molecule has 4 aromatic rings. The molecule has 0 atom stereocenters.